The van der Waals surface area contributed by atoms with Gasteiger partial charge in [-0.3, -0.25) is 4.79 Å². The maximum absolute atomic E-state index is 13.4. The van der Waals surface area contributed by atoms with E-state index in [0.717, 1.165) is 15.9 Å². The molecule has 1 amide bonds. The van der Waals surface area contributed by atoms with Gasteiger partial charge >= 0.3 is 0 Å². The molecule has 1 aliphatic heterocycles. The van der Waals surface area contributed by atoms with E-state index in [1.54, 1.807) is 17.4 Å². The summed E-state index contributed by atoms with van der Waals surface area (Å²) in [4.78, 5) is 19.8. The molecule has 1 aromatic carbocycles. The molecule has 0 unspecified atom stereocenters. The van der Waals surface area contributed by atoms with Crippen molar-refractivity contribution >= 4 is 33.1 Å². The number of halogens is 1. The number of fused-ring (bicyclic) bond motifs is 1. The lowest BCUT2D eigenvalue weighted by molar-refractivity contribution is 0.0742. The standard InChI is InChI=1S/C18H18FN3O2S/c1-24-16-10-12(19)2-3-15(16)21-5-7-22(8-6-21)18(23)14-11-17-13(20-14)4-9-25-17/h2-4,9-11,20H,5-8H2,1H3. The van der Waals surface area contributed by atoms with Crippen LogP contribution < -0.4 is 9.64 Å². The van der Waals surface area contributed by atoms with Crippen LogP contribution in [0.2, 0.25) is 0 Å². The molecule has 0 radical (unpaired) electrons. The van der Waals surface area contributed by atoms with Crippen molar-refractivity contribution in [2.75, 3.05) is 38.2 Å². The molecular formula is C18H18FN3O2S. The fraction of sp³-hybridized carbons (Fsp3) is 0.278. The Kier molecular flexibility index (Phi) is 4.09. The molecule has 0 atom stereocenters. The van der Waals surface area contributed by atoms with E-state index >= 15 is 0 Å². The fourth-order valence-corrected chi connectivity index (χ4v) is 3.98. The van der Waals surface area contributed by atoms with Gasteiger partial charge < -0.3 is 19.5 Å². The second kappa shape index (κ2) is 6.40. The second-order valence-electron chi connectivity index (χ2n) is 5.98. The number of piperazine rings is 1. The lowest BCUT2D eigenvalue weighted by Gasteiger charge is -2.36. The number of rotatable bonds is 3. The van der Waals surface area contributed by atoms with Crippen molar-refractivity contribution < 1.29 is 13.9 Å². The van der Waals surface area contributed by atoms with E-state index in [4.69, 9.17) is 4.74 Å². The molecule has 0 saturated carbocycles. The maximum atomic E-state index is 13.4. The Morgan fingerprint density at radius 3 is 2.72 bits per heavy atom. The number of anilines is 1. The van der Waals surface area contributed by atoms with Crippen LogP contribution in [-0.4, -0.2) is 49.1 Å². The van der Waals surface area contributed by atoms with Gasteiger partial charge in [0.25, 0.3) is 5.91 Å². The Morgan fingerprint density at radius 2 is 2.00 bits per heavy atom. The van der Waals surface area contributed by atoms with E-state index in [1.165, 1.54) is 19.2 Å². The Hall–Kier alpha value is -2.54. The summed E-state index contributed by atoms with van der Waals surface area (Å²) in [5.41, 5.74) is 2.49. The minimum atomic E-state index is -0.318. The summed E-state index contributed by atoms with van der Waals surface area (Å²) in [6.07, 6.45) is 0. The van der Waals surface area contributed by atoms with Crippen LogP contribution in [0, 0.1) is 5.82 Å². The highest BCUT2D eigenvalue weighted by Gasteiger charge is 2.25. The van der Waals surface area contributed by atoms with E-state index in [2.05, 4.69) is 9.88 Å². The Balaban J connectivity index is 1.46. The summed E-state index contributed by atoms with van der Waals surface area (Å²) >= 11 is 1.62. The Labute approximate surface area is 148 Å². The number of carbonyl (C=O) groups excluding carboxylic acids is 1. The third-order valence-corrected chi connectivity index (χ3v) is 5.38. The first-order chi connectivity index (χ1) is 12.2. The quantitative estimate of drug-likeness (QED) is 0.780. The molecule has 2 aromatic heterocycles. The van der Waals surface area contributed by atoms with Gasteiger partial charge in [-0.05, 0) is 29.6 Å². The molecule has 130 valence electrons. The molecule has 0 bridgehead atoms. The number of H-pyrrole nitrogens is 1. The van der Waals surface area contributed by atoms with Gasteiger partial charge in [0, 0.05) is 32.2 Å². The molecule has 3 heterocycles. The largest absolute Gasteiger partial charge is 0.494 e. The number of carbonyl (C=O) groups is 1. The highest BCUT2D eigenvalue weighted by atomic mass is 32.1. The Morgan fingerprint density at radius 1 is 1.20 bits per heavy atom. The lowest BCUT2D eigenvalue weighted by atomic mass is 10.2. The van der Waals surface area contributed by atoms with Crippen molar-refractivity contribution in [3.63, 3.8) is 0 Å². The van der Waals surface area contributed by atoms with Crippen LogP contribution in [0.3, 0.4) is 0 Å². The lowest BCUT2D eigenvalue weighted by Crippen LogP contribution is -2.49. The first-order valence-corrected chi connectivity index (χ1v) is 8.97. The van der Waals surface area contributed by atoms with Gasteiger partial charge in [0.2, 0.25) is 0 Å². The number of hydrogen-bond acceptors (Lipinski definition) is 4. The fourth-order valence-electron chi connectivity index (χ4n) is 3.20. The monoisotopic (exact) mass is 359 g/mol. The average Bonchev–Trinajstić information content (AvgIpc) is 3.23. The van der Waals surface area contributed by atoms with E-state index in [1.807, 2.05) is 22.4 Å². The van der Waals surface area contributed by atoms with Gasteiger partial charge in [0.15, 0.2) is 0 Å². The molecular weight excluding hydrogens is 341 g/mol. The van der Waals surface area contributed by atoms with E-state index in [0.29, 0.717) is 37.6 Å². The normalized spacial score (nSPS) is 15.0. The van der Waals surface area contributed by atoms with Crippen molar-refractivity contribution in [1.29, 1.82) is 0 Å². The highest BCUT2D eigenvalue weighted by molar-refractivity contribution is 7.17. The van der Waals surface area contributed by atoms with Crippen LogP contribution in [0.1, 0.15) is 10.5 Å². The van der Waals surface area contributed by atoms with Crippen LogP contribution in [0.4, 0.5) is 10.1 Å². The van der Waals surface area contributed by atoms with Crippen molar-refractivity contribution in [2.45, 2.75) is 0 Å². The minimum Gasteiger partial charge on any atom is -0.494 e. The predicted octanol–water partition coefficient (Wildman–Crippen LogP) is 3.34. The van der Waals surface area contributed by atoms with E-state index in [9.17, 15) is 9.18 Å². The van der Waals surface area contributed by atoms with E-state index < -0.39 is 0 Å². The SMILES string of the molecule is COc1cc(F)ccc1N1CCN(C(=O)c2cc3sccc3[nH]2)CC1. The summed E-state index contributed by atoms with van der Waals surface area (Å²) < 4.78 is 19.7. The molecule has 0 spiro atoms. The van der Waals surface area contributed by atoms with Crippen LogP contribution in [0.25, 0.3) is 10.2 Å². The molecule has 0 aliphatic carbocycles. The number of hydrogen-bond donors (Lipinski definition) is 1. The molecule has 1 N–H and O–H groups in total. The molecule has 7 heteroatoms. The van der Waals surface area contributed by atoms with Gasteiger partial charge in [-0.1, -0.05) is 0 Å². The van der Waals surface area contributed by atoms with Crippen LogP contribution >= 0.6 is 11.3 Å². The van der Waals surface area contributed by atoms with E-state index in [-0.39, 0.29) is 11.7 Å². The van der Waals surface area contributed by atoms with Crippen LogP contribution in [0.15, 0.2) is 35.7 Å². The molecule has 25 heavy (non-hydrogen) atoms. The van der Waals surface area contributed by atoms with Crippen molar-refractivity contribution in [3.8, 4) is 5.75 Å². The Bertz CT molecular complexity index is 884. The number of thiophene rings is 1. The van der Waals surface area contributed by atoms with Gasteiger partial charge in [-0.2, -0.15) is 0 Å². The second-order valence-corrected chi connectivity index (χ2v) is 6.92. The van der Waals surface area contributed by atoms with Gasteiger partial charge in [0.05, 0.1) is 23.0 Å². The molecule has 3 aromatic rings. The predicted molar refractivity (Wildman–Crippen MR) is 97.2 cm³/mol. The molecule has 4 rings (SSSR count). The van der Waals surface area contributed by atoms with Crippen LogP contribution in [0.5, 0.6) is 5.75 Å². The first kappa shape index (κ1) is 16.0. The van der Waals surface area contributed by atoms with Crippen molar-refractivity contribution in [3.05, 3.63) is 47.2 Å². The number of benzene rings is 1. The summed E-state index contributed by atoms with van der Waals surface area (Å²) in [5, 5.41) is 2.00. The zero-order valence-corrected chi connectivity index (χ0v) is 14.6. The van der Waals surface area contributed by atoms with Gasteiger partial charge in [-0.15, -0.1) is 11.3 Å². The van der Waals surface area contributed by atoms with Gasteiger partial charge in [0.1, 0.15) is 17.3 Å². The number of nitrogens with zero attached hydrogens (tertiary/aromatic N) is 2. The molecule has 1 aliphatic rings. The number of nitrogens with one attached hydrogen (secondary N) is 1. The summed E-state index contributed by atoms with van der Waals surface area (Å²) in [7, 11) is 1.54. The number of aromatic amines is 1. The highest BCUT2D eigenvalue weighted by Crippen LogP contribution is 2.30. The number of ether oxygens (including phenoxy) is 1. The minimum absolute atomic E-state index is 0.0223. The third kappa shape index (κ3) is 2.95. The third-order valence-electron chi connectivity index (χ3n) is 4.52. The zero-order chi connectivity index (χ0) is 17.4. The van der Waals surface area contributed by atoms with Crippen molar-refractivity contribution in [2.24, 2.45) is 0 Å². The summed E-state index contributed by atoms with van der Waals surface area (Å²) in [5.74, 6) is 0.222. The molecule has 1 fully saturated rings. The average molecular weight is 359 g/mol. The van der Waals surface area contributed by atoms with Crippen LogP contribution in [-0.2, 0) is 0 Å². The van der Waals surface area contributed by atoms with Crippen molar-refractivity contribution in [1.82, 2.24) is 9.88 Å². The smallest absolute Gasteiger partial charge is 0.270 e. The number of amides is 1. The maximum Gasteiger partial charge on any atom is 0.270 e. The van der Waals surface area contributed by atoms with Gasteiger partial charge in [-0.25, -0.2) is 4.39 Å². The summed E-state index contributed by atoms with van der Waals surface area (Å²) in [6.45, 7) is 2.60. The number of aromatic nitrogens is 1. The first-order valence-electron chi connectivity index (χ1n) is 8.09. The molecule has 5 nitrogen and oxygen atoms in total. The molecule has 1 saturated heterocycles. The summed E-state index contributed by atoms with van der Waals surface area (Å²) in [6, 6.07) is 8.44. The topological polar surface area (TPSA) is 48.6 Å². The number of methoxy groups -OCH3 is 1. The zero-order valence-electron chi connectivity index (χ0n) is 13.8.